The van der Waals surface area contributed by atoms with Crippen molar-refractivity contribution >= 4 is 61.1 Å². The zero-order valence-electron chi connectivity index (χ0n) is 25.5. The van der Waals surface area contributed by atoms with Gasteiger partial charge in [0.25, 0.3) is 12.0 Å². The van der Waals surface area contributed by atoms with Gasteiger partial charge in [0.2, 0.25) is 6.20 Å². The highest BCUT2D eigenvalue weighted by atomic mass is 32.3. The van der Waals surface area contributed by atoms with Gasteiger partial charge in [0.05, 0.1) is 35.9 Å². The SMILES string of the molecule is Cn1c2ccc(OC[C@H](O/N=C(\C(=O)C[C@@H]3C(=O)N(OS(=O)(=O)O)C3(C)C)c3csc(N)n3)C(=O)O)cc2c[n+]1C[C@H]1CNC[C@H]1O. The number of oxime groups is 1. The minimum atomic E-state index is -4.99. The number of nitrogens with one attached hydrogen (secondary N) is 1. The number of hydrogen-bond acceptors (Lipinski definition) is 14. The highest BCUT2D eigenvalue weighted by Gasteiger charge is 2.57. The average molecular weight is 697 g/mol. The summed E-state index contributed by atoms with van der Waals surface area (Å²) >= 11 is 0.985. The van der Waals surface area contributed by atoms with Gasteiger partial charge in [-0.25, -0.2) is 9.78 Å². The van der Waals surface area contributed by atoms with Crippen LogP contribution in [-0.2, 0) is 47.5 Å². The lowest BCUT2D eigenvalue weighted by Crippen LogP contribution is -2.68. The lowest BCUT2D eigenvalue weighted by molar-refractivity contribution is -0.776. The third kappa shape index (κ3) is 7.36. The van der Waals surface area contributed by atoms with Gasteiger partial charge in [0.1, 0.15) is 23.6 Å². The number of β-lactam (4-membered cyclic amide) rings is 1. The Hall–Kier alpha value is -4.21. The molecule has 0 aliphatic carbocycles. The Morgan fingerprint density at radius 3 is 2.66 bits per heavy atom. The molecule has 254 valence electrons. The fourth-order valence-electron chi connectivity index (χ4n) is 5.45. The second kappa shape index (κ2) is 13.1. The third-order valence-electron chi connectivity index (χ3n) is 8.16. The van der Waals surface area contributed by atoms with E-state index in [1.54, 1.807) is 12.1 Å². The summed E-state index contributed by atoms with van der Waals surface area (Å²) in [5.41, 5.74) is 4.85. The summed E-state index contributed by atoms with van der Waals surface area (Å²) in [6.07, 6.45) is -0.702. The van der Waals surface area contributed by atoms with E-state index >= 15 is 0 Å². The van der Waals surface area contributed by atoms with E-state index in [4.69, 9.17) is 19.9 Å². The van der Waals surface area contributed by atoms with Crippen molar-refractivity contribution in [3.05, 3.63) is 35.5 Å². The van der Waals surface area contributed by atoms with Crippen molar-refractivity contribution in [3.8, 4) is 5.75 Å². The Morgan fingerprint density at radius 1 is 1.32 bits per heavy atom. The van der Waals surface area contributed by atoms with Crippen LogP contribution in [0.25, 0.3) is 10.9 Å². The fourth-order valence-corrected chi connectivity index (χ4v) is 6.45. The summed E-state index contributed by atoms with van der Waals surface area (Å²) in [6.45, 7) is 4.20. The summed E-state index contributed by atoms with van der Waals surface area (Å²) in [5, 5.41) is 29.7. The minimum absolute atomic E-state index is 0.0260. The fraction of sp³-hybridized carbons (Fsp3) is 0.481. The molecule has 4 atom stereocenters. The number of benzene rings is 1. The van der Waals surface area contributed by atoms with Gasteiger partial charge in [-0.1, -0.05) is 5.16 Å². The normalized spacial score (nSPS) is 21.9. The highest BCUT2D eigenvalue weighted by molar-refractivity contribution is 7.80. The number of thiazole rings is 1. The first-order valence-electron chi connectivity index (χ1n) is 14.3. The summed E-state index contributed by atoms with van der Waals surface area (Å²) in [4.78, 5) is 47.3. The number of nitrogen functional groups attached to an aromatic ring is 1. The number of nitrogens with zero attached hydrogens (tertiary/aromatic N) is 5. The van der Waals surface area contributed by atoms with E-state index in [0.29, 0.717) is 30.4 Å². The number of aromatic nitrogens is 3. The van der Waals surface area contributed by atoms with Crippen molar-refractivity contribution in [2.24, 2.45) is 24.0 Å². The quantitative estimate of drug-likeness (QED) is 0.0458. The summed E-state index contributed by atoms with van der Waals surface area (Å²) in [6, 6.07) is 5.21. The van der Waals surface area contributed by atoms with Gasteiger partial charge >= 0.3 is 16.4 Å². The molecule has 2 aliphatic rings. The van der Waals surface area contributed by atoms with E-state index in [9.17, 15) is 33.0 Å². The average Bonchev–Trinajstić information content (AvgIpc) is 3.69. The van der Waals surface area contributed by atoms with Gasteiger partial charge in [-0.2, -0.15) is 18.2 Å². The van der Waals surface area contributed by atoms with Crippen LogP contribution in [0.4, 0.5) is 5.13 Å². The van der Waals surface area contributed by atoms with Crippen molar-refractivity contribution in [1.29, 1.82) is 0 Å². The Kier molecular flexibility index (Phi) is 9.53. The first kappa shape index (κ1) is 34.1. The molecule has 2 saturated heterocycles. The number of β-amino-alcohol motifs (C(OH)–C–C–N with tert-alkyl or cyclic N) is 1. The number of aliphatic hydroxyl groups excluding tert-OH is 1. The standard InChI is InChI=1S/C27H33N7O11S2/c1-27(2)17(24(37)34(27)45-47(40,41)42)7-20(35)23(18-13-46-26(28)30-18)31-44-22(25(38)39)12-43-16-4-5-19-14(6-16)10-33(32(19)3)11-15-8-29-9-21(15)36/h4-6,10,13,15,17,21-22,29,36H,7-9,11-12H2,1-3H3,(H3-,28,30,38,39,40,41,42)/p+1/b31-23-/t15-,17-,21-,22+/m1/s1. The Labute approximate surface area is 272 Å². The van der Waals surface area contributed by atoms with E-state index in [-0.39, 0.29) is 16.7 Å². The van der Waals surface area contributed by atoms with E-state index in [0.717, 1.165) is 22.2 Å². The lowest BCUT2D eigenvalue weighted by Gasteiger charge is -2.50. The number of rotatable bonds is 14. The van der Waals surface area contributed by atoms with Crippen LogP contribution in [0.2, 0.25) is 0 Å². The number of amides is 1. The number of nitrogens with two attached hydrogens (primary N) is 1. The van der Waals surface area contributed by atoms with Crippen molar-refractivity contribution in [1.82, 2.24) is 20.0 Å². The Balaban J connectivity index is 1.29. The van der Waals surface area contributed by atoms with Gasteiger partial charge in [-0.3, -0.25) is 14.1 Å². The molecule has 1 amide bonds. The van der Waals surface area contributed by atoms with Crippen LogP contribution in [-0.4, -0.2) is 98.7 Å². The van der Waals surface area contributed by atoms with Crippen LogP contribution < -0.4 is 20.5 Å². The van der Waals surface area contributed by atoms with Crippen molar-refractivity contribution in [2.75, 3.05) is 25.4 Å². The molecule has 47 heavy (non-hydrogen) atoms. The Morgan fingerprint density at radius 2 is 2.06 bits per heavy atom. The first-order chi connectivity index (χ1) is 22.0. The molecular formula is C27H34N7O11S2+. The molecule has 6 N–H and O–H groups in total. The van der Waals surface area contributed by atoms with Crippen molar-refractivity contribution in [3.63, 3.8) is 0 Å². The number of aryl methyl sites for hydroxylation is 1. The minimum Gasteiger partial charge on any atom is -0.489 e. The molecule has 18 nitrogen and oxygen atoms in total. The maximum Gasteiger partial charge on any atom is 0.418 e. The summed E-state index contributed by atoms with van der Waals surface area (Å²) in [5.74, 6) is -3.77. The number of hydroxylamine groups is 2. The van der Waals surface area contributed by atoms with E-state index < -0.39 is 70.5 Å². The number of ether oxygens (including phenoxy) is 1. The molecule has 2 fully saturated rings. The number of aliphatic hydroxyl groups is 1. The van der Waals surface area contributed by atoms with E-state index in [2.05, 4.69) is 19.7 Å². The molecule has 5 rings (SSSR count). The predicted molar refractivity (Wildman–Crippen MR) is 163 cm³/mol. The van der Waals surface area contributed by atoms with Gasteiger partial charge in [0.15, 0.2) is 23.2 Å². The summed E-state index contributed by atoms with van der Waals surface area (Å²) in [7, 11) is -3.10. The molecule has 4 heterocycles. The van der Waals surface area contributed by atoms with Gasteiger partial charge in [-0.15, -0.1) is 20.3 Å². The van der Waals surface area contributed by atoms with Crippen LogP contribution in [0.5, 0.6) is 5.75 Å². The predicted octanol–water partition coefficient (Wildman–Crippen LogP) is -0.732. The smallest absolute Gasteiger partial charge is 0.418 e. The molecule has 2 aliphatic heterocycles. The molecule has 0 unspecified atom stereocenters. The topological polar surface area (TPSA) is 249 Å². The van der Waals surface area contributed by atoms with Crippen LogP contribution in [0, 0.1) is 11.8 Å². The second-order valence-corrected chi connectivity index (χ2v) is 13.6. The van der Waals surface area contributed by atoms with Crippen LogP contribution in [0.3, 0.4) is 0 Å². The number of carboxylic acids is 1. The first-order valence-corrected chi connectivity index (χ1v) is 16.5. The molecule has 20 heteroatoms. The number of ketones is 1. The Bertz CT molecular complexity index is 1840. The lowest BCUT2D eigenvalue weighted by atomic mass is 9.74. The summed E-state index contributed by atoms with van der Waals surface area (Å²) < 4.78 is 45.2. The maximum atomic E-state index is 13.4. The number of hydrogen-bond donors (Lipinski definition) is 5. The van der Waals surface area contributed by atoms with Crippen molar-refractivity contribution < 1.29 is 56.1 Å². The number of carbonyl (C=O) groups excluding carboxylic acids is 2. The molecule has 1 aromatic carbocycles. The molecule has 0 radical (unpaired) electrons. The zero-order chi connectivity index (χ0) is 34.3. The largest absolute Gasteiger partial charge is 0.489 e. The zero-order valence-corrected chi connectivity index (χ0v) is 27.1. The molecular weight excluding hydrogens is 662 g/mol. The number of carbonyl (C=O) groups is 3. The number of Topliss-reactive ketones (excluding diaryl/α,β-unsaturated/α-hetero) is 1. The number of anilines is 1. The van der Waals surface area contributed by atoms with E-state index in [1.807, 2.05) is 28.7 Å². The molecule has 0 spiro atoms. The van der Waals surface area contributed by atoms with Crippen LogP contribution in [0.1, 0.15) is 26.0 Å². The molecule has 3 aromatic rings. The number of aliphatic carboxylic acids is 1. The van der Waals surface area contributed by atoms with Crippen LogP contribution >= 0.6 is 11.3 Å². The van der Waals surface area contributed by atoms with E-state index in [1.165, 1.54) is 19.2 Å². The van der Waals surface area contributed by atoms with Crippen molar-refractivity contribution in [2.45, 2.75) is 44.6 Å². The van der Waals surface area contributed by atoms with Gasteiger partial charge < -0.3 is 30.8 Å². The van der Waals surface area contributed by atoms with Gasteiger partial charge in [0, 0.05) is 24.9 Å². The molecule has 0 bridgehead atoms. The molecule has 0 saturated carbocycles. The number of carboxylic acid groups (broad SMARTS) is 1. The monoisotopic (exact) mass is 696 g/mol. The second-order valence-electron chi connectivity index (χ2n) is 11.7. The molecule has 2 aromatic heterocycles. The third-order valence-corrected chi connectivity index (χ3v) is 9.17. The van der Waals surface area contributed by atoms with Gasteiger partial charge in [-0.05, 0) is 32.0 Å². The highest BCUT2D eigenvalue weighted by Crippen LogP contribution is 2.40. The van der Waals surface area contributed by atoms with Crippen LogP contribution in [0.15, 0.2) is 34.9 Å². The number of fused-ring (bicyclic) bond motifs is 1. The maximum absolute atomic E-state index is 13.4.